The van der Waals surface area contributed by atoms with Crippen LogP contribution in [0.25, 0.3) is 6.08 Å². The fourth-order valence-electron chi connectivity index (χ4n) is 2.48. The van der Waals surface area contributed by atoms with E-state index >= 15 is 0 Å². The molecule has 2 nitrogen and oxygen atoms in total. The standard InChI is InChI=1S/C16H22O2Si/c1-12-10-15(13(2)19(4,5)18-12)11-14-6-8-16(17-3)9-7-14/h6-9,11-12H,2,10H2,1,3-5H3/b15-11-. The normalized spacial score (nSPS) is 24.5. The number of methoxy groups -OCH3 is 1. The lowest BCUT2D eigenvalue weighted by molar-refractivity contribution is 0.207. The predicted molar refractivity (Wildman–Crippen MR) is 82.8 cm³/mol. The van der Waals surface area contributed by atoms with Crippen LogP contribution in [0.2, 0.25) is 13.1 Å². The van der Waals surface area contributed by atoms with E-state index in [1.807, 2.05) is 12.1 Å². The number of hydrogen-bond acceptors (Lipinski definition) is 2. The van der Waals surface area contributed by atoms with Gasteiger partial charge in [0.15, 0.2) is 0 Å². The molecule has 0 aromatic heterocycles. The molecule has 1 unspecified atom stereocenters. The van der Waals surface area contributed by atoms with Crippen molar-refractivity contribution in [3.63, 3.8) is 0 Å². The molecule has 0 saturated carbocycles. The van der Waals surface area contributed by atoms with Crippen LogP contribution in [0.3, 0.4) is 0 Å². The van der Waals surface area contributed by atoms with Crippen molar-refractivity contribution >= 4 is 14.4 Å². The Kier molecular flexibility index (Phi) is 3.97. The molecule has 19 heavy (non-hydrogen) atoms. The molecule has 1 saturated heterocycles. The zero-order valence-corrected chi connectivity index (χ0v) is 13.2. The molecule has 0 spiro atoms. The van der Waals surface area contributed by atoms with Gasteiger partial charge < -0.3 is 9.16 Å². The average molecular weight is 274 g/mol. The fourth-order valence-corrected chi connectivity index (χ4v) is 4.66. The lowest BCUT2D eigenvalue weighted by Gasteiger charge is -2.36. The number of hydrogen-bond donors (Lipinski definition) is 0. The average Bonchev–Trinajstić information content (AvgIpc) is 2.36. The topological polar surface area (TPSA) is 18.5 Å². The quantitative estimate of drug-likeness (QED) is 0.753. The minimum Gasteiger partial charge on any atom is -0.497 e. The Labute approximate surface area is 116 Å². The van der Waals surface area contributed by atoms with Gasteiger partial charge in [0.25, 0.3) is 0 Å². The predicted octanol–water partition coefficient (Wildman–Crippen LogP) is 4.19. The molecule has 1 aliphatic heterocycles. The van der Waals surface area contributed by atoms with Gasteiger partial charge in [-0.1, -0.05) is 24.8 Å². The van der Waals surface area contributed by atoms with Gasteiger partial charge in [-0.05, 0) is 54.9 Å². The van der Waals surface area contributed by atoms with E-state index in [0.717, 1.165) is 12.2 Å². The zero-order chi connectivity index (χ0) is 14.0. The molecular formula is C16H22O2Si. The molecule has 1 atom stereocenters. The van der Waals surface area contributed by atoms with E-state index in [1.54, 1.807) is 7.11 Å². The van der Waals surface area contributed by atoms with Gasteiger partial charge in [-0.25, -0.2) is 0 Å². The van der Waals surface area contributed by atoms with E-state index in [9.17, 15) is 0 Å². The van der Waals surface area contributed by atoms with Crippen molar-refractivity contribution in [1.82, 2.24) is 0 Å². The molecule has 2 rings (SSSR count). The molecule has 3 heteroatoms. The van der Waals surface area contributed by atoms with Gasteiger partial charge in [0.1, 0.15) is 5.75 Å². The zero-order valence-electron chi connectivity index (χ0n) is 12.2. The molecule has 0 N–H and O–H groups in total. The van der Waals surface area contributed by atoms with E-state index in [-0.39, 0.29) is 6.10 Å². The molecule has 0 aliphatic carbocycles. The van der Waals surface area contributed by atoms with Crippen molar-refractivity contribution in [3.8, 4) is 5.75 Å². The summed E-state index contributed by atoms with van der Waals surface area (Å²) in [5.74, 6) is 0.885. The molecule has 0 radical (unpaired) electrons. The van der Waals surface area contributed by atoms with E-state index in [2.05, 4.69) is 44.8 Å². The molecular weight excluding hydrogens is 252 g/mol. The summed E-state index contributed by atoms with van der Waals surface area (Å²) in [6.07, 6.45) is 3.47. The van der Waals surface area contributed by atoms with Crippen molar-refractivity contribution < 1.29 is 9.16 Å². The molecule has 1 fully saturated rings. The summed E-state index contributed by atoms with van der Waals surface area (Å²) < 4.78 is 11.2. The van der Waals surface area contributed by atoms with Gasteiger partial charge in [0.05, 0.1) is 7.11 Å². The Hall–Kier alpha value is -1.32. The van der Waals surface area contributed by atoms with Crippen LogP contribution in [0.5, 0.6) is 5.75 Å². The van der Waals surface area contributed by atoms with Crippen LogP contribution < -0.4 is 4.74 Å². The Bertz CT molecular complexity index is 500. The summed E-state index contributed by atoms with van der Waals surface area (Å²) in [6, 6.07) is 8.13. The maximum atomic E-state index is 6.07. The Balaban J connectivity index is 2.28. The maximum Gasteiger partial charge on any atom is 0.218 e. The lowest BCUT2D eigenvalue weighted by atomic mass is 10.0. The second-order valence-electron chi connectivity index (χ2n) is 5.56. The second-order valence-corrected chi connectivity index (χ2v) is 9.42. The van der Waals surface area contributed by atoms with Crippen molar-refractivity contribution in [3.05, 3.63) is 47.2 Å². The van der Waals surface area contributed by atoms with E-state index in [0.29, 0.717) is 0 Å². The SMILES string of the molecule is C=C1/C(=C\c2ccc(OC)cc2)CC(C)O[Si]1(C)C. The highest BCUT2D eigenvalue weighted by atomic mass is 28.4. The number of benzene rings is 1. The van der Waals surface area contributed by atoms with Crippen molar-refractivity contribution in [2.24, 2.45) is 0 Å². The van der Waals surface area contributed by atoms with Gasteiger partial charge in [-0.2, -0.15) is 0 Å². The first-order valence-electron chi connectivity index (χ1n) is 6.64. The third-order valence-electron chi connectivity index (χ3n) is 3.57. The Morgan fingerprint density at radius 1 is 1.32 bits per heavy atom. The van der Waals surface area contributed by atoms with Crippen LogP contribution >= 0.6 is 0 Å². The Morgan fingerprint density at radius 3 is 2.53 bits per heavy atom. The Morgan fingerprint density at radius 2 is 1.95 bits per heavy atom. The van der Waals surface area contributed by atoms with Crippen LogP contribution in [0.1, 0.15) is 18.9 Å². The minimum atomic E-state index is -1.78. The summed E-state index contributed by atoms with van der Waals surface area (Å²) in [5.41, 5.74) is 2.52. The van der Waals surface area contributed by atoms with Crippen LogP contribution in [0.4, 0.5) is 0 Å². The maximum absolute atomic E-state index is 6.07. The van der Waals surface area contributed by atoms with Crippen molar-refractivity contribution in [2.75, 3.05) is 7.11 Å². The highest BCUT2D eigenvalue weighted by molar-refractivity contribution is 6.79. The minimum absolute atomic E-state index is 0.289. The third-order valence-corrected chi connectivity index (χ3v) is 6.34. The van der Waals surface area contributed by atoms with Crippen LogP contribution in [0.15, 0.2) is 41.6 Å². The summed E-state index contributed by atoms with van der Waals surface area (Å²) in [7, 11) is -0.0950. The van der Waals surface area contributed by atoms with Crippen LogP contribution in [-0.2, 0) is 4.43 Å². The highest BCUT2D eigenvalue weighted by Gasteiger charge is 2.35. The molecule has 0 amide bonds. The lowest BCUT2D eigenvalue weighted by Crippen LogP contribution is -2.42. The number of rotatable bonds is 2. The van der Waals surface area contributed by atoms with Gasteiger partial charge in [-0.3, -0.25) is 0 Å². The van der Waals surface area contributed by atoms with Gasteiger partial charge in [-0.15, -0.1) is 0 Å². The molecule has 1 aliphatic rings. The molecule has 1 aromatic rings. The third kappa shape index (κ3) is 3.17. The first-order chi connectivity index (χ1) is 8.92. The summed E-state index contributed by atoms with van der Waals surface area (Å²) >= 11 is 0. The summed E-state index contributed by atoms with van der Waals surface area (Å²) in [4.78, 5) is 0. The smallest absolute Gasteiger partial charge is 0.218 e. The summed E-state index contributed by atoms with van der Waals surface area (Å²) in [6.45, 7) is 10.8. The van der Waals surface area contributed by atoms with Gasteiger partial charge in [0, 0.05) is 6.10 Å². The molecule has 1 heterocycles. The van der Waals surface area contributed by atoms with Gasteiger partial charge in [0.2, 0.25) is 8.32 Å². The van der Waals surface area contributed by atoms with Gasteiger partial charge >= 0.3 is 0 Å². The highest BCUT2D eigenvalue weighted by Crippen LogP contribution is 2.34. The first kappa shape index (κ1) is 14.1. The van der Waals surface area contributed by atoms with E-state index < -0.39 is 8.32 Å². The number of ether oxygens (including phenoxy) is 1. The molecule has 0 bridgehead atoms. The first-order valence-corrected chi connectivity index (χ1v) is 9.55. The fraction of sp³-hybridized carbons (Fsp3) is 0.375. The monoisotopic (exact) mass is 274 g/mol. The van der Waals surface area contributed by atoms with E-state index in [1.165, 1.54) is 16.3 Å². The van der Waals surface area contributed by atoms with E-state index in [4.69, 9.17) is 9.16 Å². The van der Waals surface area contributed by atoms with Crippen molar-refractivity contribution in [2.45, 2.75) is 32.5 Å². The second kappa shape index (κ2) is 5.35. The largest absolute Gasteiger partial charge is 0.497 e. The number of allylic oxidation sites excluding steroid dienone is 1. The molecule has 102 valence electrons. The summed E-state index contributed by atoms with van der Waals surface area (Å²) in [5, 5.41) is 1.21. The van der Waals surface area contributed by atoms with Crippen LogP contribution in [-0.4, -0.2) is 21.5 Å². The van der Waals surface area contributed by atoms with Crippen LogP contribution in [0, 0.1) is 0 Å². The molecule has 1 aromatic carbocycles. The van der Waals surface area contributed by atoms with Crippen molar-refractivity contribution in [1.29, 1.82) is 0 Å².